The largest absolute Gasteiger partial charge is 0.382 e. The van der Waals surface area contributed by atoms with Crippen molar-refractivity contribution in [2.45, 2.75) is 26.5 Å². The molecule has 0 saturated carbocycles. The Labute approximate surface area is 128 Å². The molecule has 0 aliphatic heterocycles. The molecule has 1 unspecified atom stereocenters. The molecule has 0 amide bonds. The highest BCUT2D eigenvalue weighted by Crippen LogP contribution is 2.32. The molecule has 3 nitrogen and oxygen atoms in total. The van der Waals surface area contributed by atoms with Crippen LogP contribution in [0.25, 0.3) is 0 Å². The maximum atomic E-state index is 10.6. The van der Waals surface area contributed by atoms with E-state index in [0.29, 0.717) is 0 Å². The summed E-state index contributed by atoms with van der Waals surface area (Å²) in [6.07, 6.45) is 1.07. The Morgan fingerprint density at radius 3 is 2.89 bits per heavy atom. The zero-order chi connectivity index (χ0) is 13.3. The Kier molecular flexibility index (Phi) is 4.45. The van der Waals surface area contributed by atoms with E-state index >= 15 is 0 Å². The summed E-state index contributed by atoms with van der Waals surface area (Å²) in [6.45, 7) is 4.79. The lowest BCUT2D eigenvalue weighted by molar-refractivity contribution is 0.206. The van der Waals surface area contributed by atoms with Gasteiger partial charge < -0.3 is 5.11 Å². The lowest BCUT2D eigenvalue weighted by Crippen LogP contribution is -2.11. The molecule has 0 bridgehead atoms. The van der Waals surface area contributed by atoms with E-state index in [1.54, 1.807) is 6.20 Å². The smallest absolute Gasteiger partial charge is 0.123 e. The Morgan fingerprint density at radius 1 is 1.50 bits per heavy atom. The number of hydrogen-bond acceptors (Lipinski definition) is 2. The lowest BCUT2D eigenvalue weighted by atomic mass is 10.0. The quantitative estimate of drug-likeness (QED) is 0.769. The molecule has 0 fully saturated rings. The standard InChI is InChI=1S/C13H14BrIN2O/c1-3-17-12(10(14)7-16-17)13(18)9-6-4-5-8(2)11(9)15/h4-7,13,18H,3H2,1-2H3. The SMILES string of the molecule is CCn1ncc(Br)c1C(O)c1cccc(C)c1I. The third-order valence-corrected chi connectivity index (χ3v) is 4.99. The fourth-order valence-electron chi connectivity index (χ4n) is 1.92. The fraction of sp³-hybridized carbons (Fsp3) is 0.308. The fourth-order valence-corrected chi connectivity index (χ4v) is 3.09. The van der Waals surface area contributed by atoms with Gasteiger partial charge in [-0.1, -0.05) is 18.2 Å². The van der Waals surface area contributed by atoms with Crippen molar-refractivity contribution in [3.63, 3.8) is 0 Å². The molecule has 5 heteroatoms. The van der Waals surface area contributed by atoms with Crippen molar-refractivity contribution in [1.82, 2.24) is 9.78 Å². The summed E-state index contributed by atoms with van der Waals surface area (Å²) in [5, 5.41) is 14.8. The van der Waals surface area contributed by atoms with Crippen LogP contribution in [0.2, 0.25) is 0 Å². The molecule has 0 aliphatic rings. The third kappa shape index (κ3) is 2.48. The molecule has 1 N–H and O–H groups in total. The average molecular weight is 421 g/mol. The molecule has 0 spiro atoms. The summed E-state index contributed by atoms with van der Waals surface area (Å²) < 4.78 is 3.75. The highest BCUT2D eigenvalue weighted by Gasteiger charge is 2.21. The molecule has 96 valence electrons. The van der Waals surface area contributed by atoms with E-state index in [1.165, 1.54) is 5.56 Å². The topological polar surface area (TPSA) is 38.0 Å². The first-order chi connectivity index (χ1) is 8.56. The van der Waals surface area contributed by atoms with Gasteiger partial charge in [0.15, 0.2) is 0 Å². The number of halogens is 2. The summed E-state index contributed by atoms with van der Waals surface area (Å²) in [4.78, 5) is 0. The number of hydrogen-bond donors (Lipinski definition) is 1. The van der Waals surface area contributed by atoms with Crippen molar-refractivity contribution < 1.29 is 5.11 Å². The number of aromatic nitrogens is 2. The van der Waals surface area contributed by atoms with E-state index in [9.17, 15) is 5.11 Å². The van der Waals surface area contributed by atoms with Gasteiger partial charge in [0.1, 0.15) is 6.10 Å². The zero-order valence-corrected chi connectivity index (χ0v) is 13.9. The van der Waals surface area contributed by atoms with Gasteiger partial charge in [-0.3, -0.25) is 4.68 Å². The second-order valence-corrected chi connectivity index (χ2v) is 6.01. The predicted octanol–water partition coefficient (Wildman–Crippen LogP) is 3.66. The van der Waals surface area contributed by atoms with E-state index < -0.39 is 6.10 Å². The van der Waals surface area contributed by atoms with Crippen LogP contribution in [0.5, 0.6) is 0 Å². The van der Waals surface area contributed by atoms with Crippen molar-refractivity contribution in [3.05, 3.63) is 49.3 Å². The Bertz CT molecular complexity index is 568. The molecular formula is C13H14BrIN2O. The second-order valence-electron chi connectivity index (χ2n) is 4.07. The maximum absolute atomic E-state index is 10.6. The molecular weight excluding hydrogens is 407 g/mol. The first-order valence-corrected chi connectivity index (χ1v) is 7.57. The van der Waals surface area contributed by atoms with Crippen molar-refractivity contribution >= 4 is 38.5 Å². The van der Waals surface area contributed by atoms with E-state index in [1.807, 2.05) is 36.7 Å². The molecule has 0 saturated heterocycles. The first kappa shape index (κ1) is 14.0. The number of benzene rings is 1. The van der Waals surface area contributed by atoms with Gasteiger partial charge >= 0.3 is 0 Å². The van der Waals surface area contributed by atoms with E-state index in [4.69, 9.17) is 0 Å². The van der Waals surface area contributed by atoms with Crippen molar-refractivity contribution in [2.75, 3.05) is 0 Å². The van der Waals surface area contributed by atoms with Gasteiger partial charge in [-0.2, -0.15) is 5.10 Å². The van der Waals surface area contributed by atoms with Crippen LogP contribution < -0.4 is 0 Å². The summed E-state index contributed by atoms with van der Waals surface area (Å²) in [5.74, 6) is 0. The van der Waals surface area contributed by atoms with Gasteiger partial charge in [0.05, 0.1) is 16.4 Å². The van der Waals surface area contributed by atoms with Crippen LogP contribution >= 0.6 is 38.5 Å². The number of aryl methyl sites for hydroxylation is 2. The molecule has 2 aromatic rings. The van der Waals surface area contributed by atoms with E-state index in [2.05, 4.69) is 43.6 Å². The van der Waals surface area contributed by atoms with Crippen LogP contribution in [0.15, 0.2) is 28.9 Å². The number of aliphatic hydroxyl groups excluding tert-OH is 1. The summed E-state index contributed by atoms with van der Waals surface area (Å²) >= 11 is 5.73. The van der Waals surface area contributed by atoms with E-state index in [0.717, 1.165) is 25.8 Å². The third-order valence-electron chi connectivity index (χ3n) is 2.91. The van der Waals surface area contributed by atoms with Crippen molar-refractivity contribution in [3.8, 4) is 0 Å². The van der Waals surface area contributed by atoms with E-state index in [-0.39, 0.29) is 0 Å². The zero-order valence-electron chi connectivity index (χ0n) is 10.2. The highest BCUT2D eigenvalue weighted by atomic mass is 127. The van der Waals surface area contributed by atoms with Crippen LogP contribution in [0, 0.1) is 10.5 Å². The normalized spacial score (nSPS) is 12.7. The monoisotopic (exact) mass is 420 g/mol. The number of rotatable bonds is 3. The minimum absolute atomic E-state index is 0.659. The van der Waals surface area contributed by atoms with Crippen LogP contribution in [0.4, 0.5) is 0 Å². The summed E-state index contributed by atoms with van der Waals surface area (Å²) in [6, 6.07) is 5.97. The molecule has 1 aromatic carbocycles. The Balaban J connectivity index is 2.51. The van der Waals surface area contributed by atoms with Crippen molar-refractivity contribution in [2.24, 2.45) is 0 Å². The number of aliphatic hydroxyl groups is 1. The molecule has 1 heterocycles. The van der Waals surface area contributed by atoms with Crippen LogP contribution in [0.1, 0.15) is 29.8 Å². The predicted molar refractivity (Wildman–Crippen MR) is 83.6 cm³/mol. The molecule has 2 rings (SSSR count). The molecule has 1 aromatic heterocycles. The Morgan fingerprint density at radius 2 is 2.22 bits per heavy atom. The first-order valence-electron chi connectivity index (χ1n) is 5.70. The molecule has 18 heavy (non-hydrogen) atoms. The van der Waals surface area contributed by atoms with Gasteiger partial charge in [-0.05, 0) is 57.9 Å². The van der Waals surface area contributed by atoms with Gasteiger partial charge in [-0.15, -0.1) is 0 Å². The lowest BCUT2D eigenvalue weighted by Gasteiger charge is -2.16. The number of nitrogens with zero attached hydrogens (tertiary/aromatic N) is 2. The van der Waals surface area contributed by atoms with Gasteiger partial charge in [0.25, 0.3) is 0 Å². The molecule has 0 aliphatic carbocycles. The molecule has 0 radical (unpaired) electrons. The van der Waals surface area contributed by atoms with Crippen LogP contribution in [-0.4, -0.2) is 14.9 Å². The summed E-state index contributed by atoms with van der Waals surface area (Å²) in [7, 11) is 0. The minimum atomic E-state index is -0.659. The molecule has 1 atom stereocenters. The van der Waals surface area contributed by atoms with Crippen molar-refractivity contribution in [1.29, 1.82) is 0 Å². The average Bonchev–Trinajstić information content (AvgIpc) is 2.73. The summed E-state index contributed by atoms with van der Waals surface area (Å²) in [5.41, 5.74) is 2.90. The van der Waals surface area contributed by atoms with Gasteiger partial charge in [0.2, 0.25) is 0 Å². The van der Waals surface area contributed by atoms with Gasteiger partial charge in [-0.25, -0.2) is 0 Å². The van der Waals surface area contributed by atoms with Gasteiger partial charge in [0, 0.05) is 15.7 Å². The minimum Gasteiger partial charge on any atom is -0.382 e. The Hall–Kier alpha value is -0.400. The second kappa shape index (κ2) is 5.71. The maximum Gasteiger partial charge on any atom is 0.123 e. The van der Waals surface area contributed by atoms with Crippen LogP contribution in [0.3, 0.4) is 0 Å². The highest BCUT2D eigenvalue weighted by molar-refractivity contribution is 14.1. The van der Waals surface area contributed by atoms with Crippen LogP contribution in [-0.2, 0) is 6.54 Å².